The molecule has 1 amide bonds. The Labute approximate surface area is 130 Å². The smallest absolute Gasteiger partial charge is 0.305 e. The van der Waals surface area contributed by atoms with Crippen LogP contribution >= 0.6 is 0 Å². The predicted octanol–water partition coefficient (Wildman–Crippen LogP) is 3.43. The van der Waals surface area contributed by atoms with Crippen molar-refractivity contribution in [3.63, 3.8) is 0 Å². The number of hydrogen-bond acceptors (Lipinski definition) is 2. The third-order valence-corrected chi connectivity index (χ3v) is 3.64. The van der Waals surface area contributed by atoms with Gasteiger partial charge in [0.05, 0.1) is 12.5 Å². The molecule has 2 rings (SSSR count). The van der Waals surface area contributed by atoms with Crippen LogP contribution in [0.2, 0.25) is 0 Å². The summed E-state index contributed by atoms with van der Waals surface area (Å²) in [6.07, 6.45) is 1.47. The maximum Gasteiger partial charge on any atom is 0.305 e. The zero-order chi connectivity index (χ0) is 15.9. The van der Waals surface area contributed by atoms with Crippen LogP contribution in [0.5, 0.6) is 0 Å². The summed E-state index contributed by atoms with van der Waals surface area (Å²) in [7, 11) is 0. The van der Waals surface area contributed by atoms with E-state index in [1.807, 2.05) is 54.6 Å². The van der Waals surface area contributed by atoms with Crippen molar-refractivity contribution in [2.45, 2.75) is 25.8 Å². The molecule has 22 heavy (non-hydrogen) atoms. The van der Waals surface area contributed by atoms with Gasteiger partial charge in [-0.05, 0) is 29.7 Å². The summed E-state index contributed by atoms with van der Waals surface area (Å²) in [6.45, 7) is 2.06. The van der Waals surface area contributed by atoms with Gasteiger partial charge in [-0.1, -0.05) is 49.4 Å². The molecule has 4 nitrogen and oxygen atoms in total. The third kappa shape index (κ3) is 3.73. The fraction of sp³-hybridized carbons (Fsp3) is 0.222. The van der Waals surface area contributed by atoms with E-state index in [2.05, 4.69) is 6.92 Å². The van der Waals surface area contributed by atoms with Gasteiger partial charge in [0.15, 0.2) is 0 Å². The summed E-state index contributed by atoms with van der Waals surface area (Å²) in [6, 6.07) is 16.3. The number of hydrogen-bond donors (Lipinski definition) is 1. The molecule has 0 radical (unpaired) electrons. The molecule has 0 bridgehead atoms. The molecule has 0 spiro atoms. The maximum atomic E-state index is 11.6. The van der Waals surface area contributed by atoms with Crippen LogP contribution in [-0.4, -0.2) is 17.5 Å². The van der Waals surface area contributed by atoms with Gasteiger partial charge in [0, 0.05) is 5.69 Å². The lowest BCUT2D eigenvalue weighted by Crippen LogP contribution is -2.29. The number of benzene rings is 2. The molecule has 0 fully saturated rings. The second-order valence-electron chi connectivity index (χ2n) is 5.06. The molecular weight excluding hydrogens is 278 g/mol. The van der Waals surface area contributed by atoms with Crippen LogP contribution in [0.25, 0.3) is 0 Å². The van der Waals surface area contributed by atoms with Gasteiger partial charge >= 0.3 is 5.97 Å². The molecule has 4 heteroatoms. The molecule has 0 aromatic heterocycles. The van der Waals surface area contributed by atoms with Crippen molar-refractivity contribution in [3.8, 4) is 0 Å². The highest BCUT2D eigenvalue weighted by atomic mass is 16.4. The quantitative estimate of drug-likeness (QED) is 0.797. The first-order valence-corrected chi connectivity index (χ1v) is 7.25. The van der Waals surface area contributed by atoms with Crippen molar-refractivity contribution >= 4 is 18.1 Å². The fourth-order valence-electron chi connectivity index (χ4n) is 2.44. The van der Waals surface area contributed by atoms with Crippen LogP contribution in [0.1, 0.15) is 30.5 Å². The third-order valence-electron chi connectivity index (χ3n) is 3.64. The van der Waals surface area contributed by atoms with Crippen molar-refractivity contribution in [2.75, 3.05) is 4.90 Å². The lowest BCUT2D eigenvalue weighted by molar-refractivity contribution is -0.137. The Morgan fingerprint density at radius 2 is 1.77 bits per heavy atom. The molecule has 2 aromatic rings. The molecule has 0 saturated heterocycles. The zero-order valence-corrected chi connectivity index (χ0v) is 12.5. The molecule has 2 aromatic carbocycles. The van der Waals surface area contributed by atoms with Crippen molar-refractivity contribution in [1.29, 1.82) is 0 Å². The number of rotatable bonds is 7. The number of carbonyl (C=O) groups is 2. The topological polar surface area (TPSA) is 57.6 Å². The molecule has 0 aliphatic heterocycles. The minimum Gasteiger partial charge on any atom is -0.481 e. The van der Waals surface area contributed by atoms with E-state index in [1.54, 1.807) is 0 Å². The highest BCUT2D eigenvalue weighted by molar-refractivity contribution is 5.79. The van der Waals surface area contributed by atoms with E-state index in [0.717, 1.165) is 12.0 Å². The summed E-state index contributed by atoms with van der Waals surface area (Å²) in [4.78, 5) is 24.3. The Hall–Kier alpha value is -2.62. The normalized spacial score (nSPS) is 11.7. The SMILES string of the molecule is CCc1ccc(N(C=O)C(CC(=O)O)c2ccccc2)cc1. The number of carboxylic acid groups (broad SMARTS) is 1. The number of carbonyl (C=O) groups excluding carboxylic acids is 1. The molecule has 0 saturated carbocycles. The van der Waals surface area contributed by atoms with E-state index >= 15 is 0 Å². The van der Waals surface area contributed by atoms with Gasteiger partial charge in [-0.2, -0.15) is 0 Å². The van der Waals surface area contributed by atoms with Gasteiger partial charge in [-0.25, -0.2) is 0 Å². The van der Waals surface area contributed by atoms with E-state index in [-0.39, 0.29) is 6.42 Å². The average molecular weight is 297 g/mol. The first-order valence-electron chi connectivity index (χ1n) is 7.25. The number of anilines is 1. The van der Waals surface area contributed by atoms with Crippen molar-refractivity contribution in [3.05, 3.63) is 65.7 Å². The standard InChI is InChI=1S/C18H19NO3/c1-2-14-8-10-16(11-9-14)19(13-20)17(12-18(21)22)15-6-4-3-5-7-15/h3-11,13,17H,2,12H2,1H3,(H,21,22). The van der Waals surface area contributed by atoms with E-state index in [9.17, 15) is 14.7 Å². The van der Waals surface area contributed by atoms with Gasteiger partial charge in [0.25, 0.3) is 0 Å². The first kappa shape index (κ1) is 15.8. The Kier molecular flexibility index (Phi) is 5.31. The van der Waals surface area contributed by atoms with E-state index in [4.69, 9.17) is 0 Å². The monoisotopic (exact) mass is 297 g/mol. The van der Waals surface area contributed by atoms with Crippen molar-refractivity contribution < 1.29 is 14.7 Å². The van der Waals surface area contributed by atoms with E-state index in [0.29, 0.717) is 12.1 Å². The molecule has 1 N–H and O–H groups in total. The molecule has 0 aliphatic rings. The van der Waals surface area contributed by atoms with Crippen molar-refractivity contribution in [2.24, 2.45) is 0 Å². The predicted molar refractivity (Wildman–Crippen MR) is 85.8 cm³/mol. The Morgan fingerprint density at radius 3 is 2.27 bits per heavy atom. The minimum absolute atomic E-state index is 0.141. The lowest BCUT2D eigenvalue weighted by atomic mass is 10.0. The maximum absolute atomic E-state index is 11.6. The summed E-state index contributed by atoms with van der Waals surface area (Å²) < 4.78 is 0. The van der Waals surface area contributed by atoms with Crippen LogP contribution in [0.15, 0.2) is 54.6 Å². The van der Waals surface area contributed by atoms with Gasteiger partial charge in [0.1, 0.15) is 0 Å². The van der Waals surface area contributed by atoms with Crippen LogP contribution in [0.4, 0.5) is 5.69 Å². The summed E-state index contributed by atoms with van der Waals surface area (Å²) >= 11 is 0. The van der Waals surface area contributed by atoms with Crippen LogP contribution < -0.4 is 4.90 Å². The highest BCUT2D eigenvalue weighted by Crippen LogP contribution is 2.29. The molecule has 0 aliphatic carbocycles. The fourth-order valence-corrected chi connectivity index (χ4v) is 2.44. The molecule has 1 atom stereocenters. The number of aliphatic carboxylic acids is 1. The second-order valence-corrected chi connectivity index (χ2v) is 5.06. The Bertz CT molecular complexity index is 623. The number of aryl methyl sites for hydroxylation is 1. The Morgan fingerprint density at radius 1 is 1.14 bits per heavy atom. The summed E-state index contributed by atoms with van der Waals surface area (Å²) in [5.41, 5.74) is 2.67. The van der Waals surface area contributed by atoms with Gasteiger partial charge in [-0.3, -0.25) is 9.59 Å². The van der Waals surface area contributed by atoms with E-state index < -0.39 is 12.0 Å². The van der Waals surface area contributed by atoms with Crippen molar-refractivity contribution in [1.82, 2.24) is 0 Å². The van der Waals surface area contributed by atoms with E-state index in [1.165, 1.54) is 10.5 Å². The first-order chi connectivity index (χ1) is 10.7. The van der Waals surface area contributed by atoms with Gasteiger partial charge < -0.3 is 10.0 Å². The van der Waals surface area contributed by atoms with Crippen LogP contribution in [0, 0.1) is 0 Å². The van der Waals surface area contributed by atoms with Gasteiger partial charge in [0.2, 0.25) is 6.41 Å². The average Bonchev–Trinajstić information content (AvgIpc) is 2.55. The minimum atomic E-state index is -0.939. The van der Waals surface area contributed by atoms with Gasteiger partial charge in [-0.15, -0.1) is 0 Å². The van der Waals surface area contributed by atoms with Crippen LogP contribution in [-0.2, 0) is 16.0 Å². The summed E-state index contributed by atoms with van der Waals surface area (Å²) in [5.74, 6) is -0.939. The molecule has 0 heterocycles. The van der Waals surface area contributed by atoms with Crippen LogP contribution in [0.3, 0.4) is 0 Å². The second kappa shape index (κ2) is 7.41. The number of amides is 1. The lowest BCUT2D eigenvalue weighted by Gasteiger charge is -2.28. The molecular formula is C18H19NO3. The number of carboxylic acids is 1. The Balaban J connectivity index is 2.37. The number of nitrogens with zero attached hydrogens (tertiary/aromatic N) is 1. The largest absolute Gasteiger partial charge is 0.481 e. The highest BCUT2D eigenvalue weighted by Gasteiger charge is 2.23. The zero-order valence-electron chi connectivity index (χ0n) is 12.5. The molecule has 1 unspecified atom stereocenters. The summed E-state index contributed by atoms with van der Waals surface area (Å²) in [5, 5.41) is 9.18. The molecule has 114 valence electrons.